The van der Waals surface area contributed by atoms with E-state index in [2.05, 4.69) is 33.6 Å². The second-order valence-electron chi connectivity index (χ2n) is 10.9. The molecule has 2 aliphatic heterocycles. The molecule has 0 radical (unpaired) electrons. The van der Waals surface area contributed by atoms with Crippen molar-refractivity contribution in [3.05, 3.63) is 16.1 Å². The standard InChI is InChI=1S/C22H35N3O3S2.C2H4O2.C2H2/c1-21(2,3)9-12-25-17(26)14-29-19(25)16-13-23-18(30-16)15-7-10-24(11-8-15)20(27)28-22(4,5)6;1-2(3)4;1-2/h13,15,19H,7-12,14H2,1-6H3;1H3,(H,3,4);1-2H. The van der Waals surface area contributed by atoms with Gasteiger partial charge < -0.3 is 19.6 Å². The highest BCUT2D eigenvalue weighted by Gasteiger charge is 2.35. The van der Waals surface area contributed by atoms with Gasteiger partial charge in [-0.3, -0.25) is 9.59 Å². The molecule has 1 N–H and O–H groups in total. The van der Waals surface area contributed by atoms with E-state index in [-0.39, 0.29) is 22.8 Å². The fourth-order valence-electron chi connectivity index (χ4n) is 3.63. The normalized spacial score (nSPS) is 18.6. The van der Waals surface area contributed by atoms with E-state index < -0.39 is 11.6 Å². The lowest BCUT2D eigenvalue weighted by Gasteiger charge is -2.32. The highest BCUT2D eigenvalue weighted by atomic mass is 32.2. The molecular weight excluding hydrogens is 498 g/mol. The fourth-order valence-corrected chi connectivity index (χ4v) is 6.15. The molecule has 202 valence electrons. The first-order chi connectivity index (χ1) is 16.7. The van der Waals surface area contributed by atoms with Crippen LogP contribution in [-0.4, -0.2) is 68.8 Å². The van der Waals surface area contributed by atoms with Gasteiger partial charge in [0.1, 0.15) is 11.0 Å². The van der Waals surface area contributed by atoms with E-state index >= 15 is 0 Å². The summed E-state index contributed by atoms with van der Waals surface area (Å²) < 4.78 is 5.49. The summed E-state index contributed by atoms with van der Waals surface area (Å²) in [6, 6.07) is 0. The van der Waals surface area contributed by atoms with Crippen LogP contribution in [0.5, 0.6) is 0 Å². The van der Waals surface area contributed by atoms with Crippen molar-refractivity contribution in [2.75, 3.05) is 25.4 Å². The van der Waals surface area contributed by atoms with E-state index in [9.17, 15) is 9.59 Å². The van der Waals surface area contributed by atoms with E-state index in [4.69, 9.17) is 19.6 Å². The van der Waals surface area contributed by atoms with Crippen LogP contribution in [0.2, 0.25) is 0 Å². The Hall–Kier alpha value is -2.25. The highest BCUT2D eigenvalue weighted by Crippen LogP contribution is 2.43. The van der Waals surface area contributed by atoms with Crippen LogP contribution in [0.1, 0.15) is 88.9 Å². The van der Waals surface area contributed by atoms with Crippen LogP contribution in [0.15, 0.2) is 6.20 Å². The molecule has 0 spiro atoms. The largest absolute Gasteiger partial charge is 0.481 e. The van der Waals surface area contributed by atoms with Gasteiger partial charge in [-0.2, -0.15) is 0 Å². The lowest BCUT2D eigenvalue weighted by Crippen LogP contribution is -2.41. The molecule has 0 saturated carbocycles. The summed E-state index contributed by atoms with van der Waals surface area (Å²) in [5, 5.41) is 8.64. The number of hydrogen-bond donors (Lipinski definition) is 1. The minimum absolute atomic E-state index is 0.0907. The number of thioether (sulfide) groups is 1. The molecular formula is C26H41N3O5S2. The zero-order valence-corrected chi connectivity index (χ0v) is 24.2. The van der Waals surface area contributed by atoms with Gasteiger partial charge in [0.25, 0.3) is 5.97 Å². The van der Waals surface area contributed by atoms with Crippen LogP contribution in [0, 0.1) is 18.3 Å². The number of aromatic nitrogens is 1. The average Bonchev–Trinajstić information content (AvgIpc) is 3.38. The molecule has 0 aliphatic carbocycles. The maximum atomic E-state index is 12.4. The molecule has 10 heteroatoms. The monoisotopic (exact) mass is 539 g/mol. The first-order valence-electron chi connectivity index (χ1n) is 12.0. The Balaban J connectivity index is 0.000000982. The third-order valence-corrected chi connectivity index (χ3v) is 7.95. The zero-order valence-electron chi connectivity index (χ0n) is 22.6. The molecule has 36 heavy (non-hydrogen) atoms. The molecule has 2 amide bonds. The summed E-state index contributed by atoms with van der Waals surface area (Å²) in [6.07, 6.45) is 12.5. The van der Waals surface area contributed by atoms with Crippen molar-refractivity contribution in [1.82, 2.24) is 14.8 Å². The number of hydrogen-bond acceptors (Lipinski definition) is 7. The summed E-state index contributed by atoms with van der Waals surface area (Å²) in [5.41, 5.74) is -0.257. The van der Waals surface area contributed by atoms with Crippen LogP contribution in [0.4, 0.5) is 4.79 Å². The number of thiazole rings is 1. The summed E-state index contributed by atoms with van der Waals surface area (Å²) in [4.78, 5) is 43.4. The van der Waals surface area contributed by atoms with Crippen LogP contribution in [0.3, 0.4) is 0 Å². The van der Waals surface area contributed by atoms with Gasteiger partial charge in [0.15, 0.2) is 0 Å². The summed E-state index contributed by atoms with van der Waals surface area (Å²) >= 11 is 3.44. The van der Waals surface area contributed by atoms with E-state index in [0.29, 0.717) is 24.8 Å². The number of rotatable bonds is 4. The minimum Gasteiger partial charge on any atom is -0.481 e. The van der Waals surface area contributed by atoms with Crippen molar-refractivity contribution in [2.45, 2.75) is 84.6 Å². The summed E-state index contributed by atoms with van der Waals surface area (Å²) in [7, 11) is 0. The van der Waals surface area contributed by atoms with Gasteiger partial charge >= 0.3 is 6.09 Å². The molecule has 3 heterocycles. The Morgan fingerprint density at radius 3 is 2.22 bits per heavy atom. The first-order valence-corrected chi connectivity index (χ1v) is 13.9. The Bertz CT molecular complexity index is 889. The van der Waals surface area contributed by atoms with Gasteiger partial charge in [-0.25, -0.2) is 9.78 Å². The second-order valence-corrected chi connectivity index (χ2v) is 13.1. The molecule has 1 aromatic rings. The van der Waals surface area contributed by atoms with E-state index in [0.717, 1.165) is 37.7 Å². The van der Waals surface area contributed by atoms with E-state index in [1.54, 1.807) is 28.0 Å². The third-order valence-electron chi connectivity index (χ3n) is 5.35. The lowest BCUT2D eigenvalue weighted by molar-refractivity contribution is -0.134. The number of piperidine rings is 1. The number of ether oxygens (including phenoxy) is 1. The number of terminal acetylenes is 1. The van der Waals surface area contributed by atoms with Crippen molar-refractivity contribution in [3.63, 3.8) is 0 Å². The van der Waals surface area contributed by atoms with Gasteiger partial charge in [0, 0.05) is 38.7 Å². The Morgan fingerprint density at radius 1 is 1.17 bits per heavy atom. The third kappa shape index (κ3) is 10.8. The number of carboxylic acid groups (broad SMARTS) is 1. The van der Waals surface area contributed by atoms with Crippen molar-refractivity contribution in [3.8, 4) is 12.8 Å². The number of carbonyl (C=O) groups excluding carboxylic acids is 2. The van der Waals surface area contributed by atoms with Crippen molar-refractivity contribution >= 4 is 41.1 Å². The minimum atomic E-state index is -0.833. The summed E-state index contributed by atoms with van der Waals surface area (Å²) in [6.45, 7) is 15.6. The molecule has 0 aromatic carbocycles. The summed E-state index contributed by atoms with van der Waals surface area (Å²) in [5.74, 6) is 0.318. The smallest absolute Gasteiger partial charge is 0.410 e. The van der Waals surface area contributed by atoms with Crippen molar-refractivity contribution < 1.29 is 24.2 Å². The maximum Gasteiger partial charge on any atom is 0.410 e. The highest BCUT2D eigenvalue weighted by molar-refractivity contribution is 8.00. The van der Waals surface area contributed by atoms with Gasteiger partial charge in [-0.05, 0) is 45.4 Å². The van der Waals surface area contributed by atoms with E-state index in [1.165, 1.54) is 4.88 Å². The Labute approximate surface area is 224 Å². The van der Waals surface area contributed by atoms with Crippen LogP contribution in [0.25, 0.3) is 0 Å². The van der Waals surface area contributed by atoms with Gasteiger partial charge in [0.05, 0.1) is 15.6 Å². The zero-order chi connectivity index (χ0) is 27.7. The molecule has 2 aliphatic rings. The predicted octanol–water partition coefficient (Wildman–Crippen LogP) is 5.61. The maximum absolute atomic E-state index is 12.4. The second kappa shape index (κ2) is 13.9. The molecule has 1 atom stereocenters. The van der Waals surface area contributed by atoms with Gasteiger partial charge in [0.2, 0.25) is 5.91 Å². The fraction of sp³-hybridized carbons (Fsp3) is 0.692. The quantitative estimate of drug-likeness (QED) is 0.497. The van der Waals surface area contributed by atoms with Gasteiger partial charge in [-0.1, -0.05) is 20.8 Å². The average molecular weight is 540 g/mol. The molecule has 2 fully saturated rings. The lowest BCUT2D eigenvalue weighted by atomic mass is 9.92. The SMILES string of the molecule is C#C.CC(=O)O.CC(C)(C)CCN1C(=O)CSC1c1cnc(C2CCN(C(=O)OC(C)(C)C)CC2)s1. The number of nitrogens with zero attached hydrogens (tertiary/aromatic N) is 3. The molecule has 8 nitrogen and oxygen atoms in total. The molecule has 3 rings (SSSR count). The molecule has 2 saturated heterocycles. The van der Waals surface area contributed by atoms with Crippen molar-refractivity contribution in [2.24, 2.45) is 5.41 Å². The predicted molar refractivity (Wildman–Crippen MR) is 146 cm³/mol. The number of carbonyl (C=O) groups is 3. The first kappa shape index (κ1) is 31.8. The van der Waals surface area contributed by atoms with E-state index in [1.807, 2.05) is 31.9 Å². The Morgan fingerprint density at radius 2 is 1.72 bits per heavy atom. The molecule has 1 aromatic heterocycles. The van der Waals surface area contributed by atoms with Crippen molar-refractivity contribution in [1.29, 1.82) is 0 Å². The topological polar surface area (TPSA) is 100 Å². The molecule has 1 unspecified atom stereocenters. The number of likely N-dealkylation sites (tertiary alicyclic amines) is 1. The Kier molecular flexibility index (Phi) is 12.3. The van der Waals surface area contributed by atoms with Gasteiger partial charge in [-0.15, -0.1) is 35.9 Å². The number of aliphatic carboxylic acids is 1. The van der Waals surface area contributed by atoms with Crippen LogP contribution in [-0.2, 0) is 14.3 Å². The molecule has 0 bridgehead atoms. The number of carboxylic acids is 1. The number of amides is 2. The van der Waals surface area contributed by atoms with Crippen LogP contribution >= 0.6 is 23.1 Å². The van der Waals surface area contributed by atoms with Crippen LogP contribution < -0.4 is 0 Å².